The summed E-state index contributed by atoms with van der Waals surface area (Å²) in [5, 5.41) is 3.48. The highest BCUT2D eigenvalue weighted by Crippen LogP contribution is 2.21. The number of aryl methyl sites for hydroxylation is 1. The highest BCUT2D eigenvalue weighted by Gasteiger charge is 2.22. The average molecular weight is 290 g/mol. The van der Waals surface area contributed by atoms with Crippen LogP contribution in [0.3, 0.4) is 0 Å². The standard InChI is InChI=1S/C18H30N2O/c1-4-15-7-9-17(10-8-15)18(19-2)13-20-11-5-6-16(12-20)14-21-3/h7-10,16,18-19H,4-6,11-14H2,1-3H3. The van der Waals surface area contributed by atoms with Crippen LogP contribution in [-0.4, -0.2) is 45.3 Å². The van der Waals surface area contributed by atoms with E-state index in [1.54, 1.807) is 0 Å². The van der Waals surface area contributed by atoms with E-state index >= 15 is 0 Å². The van der Waals surface area contributed by atoms with Crippen LogP contribution in [0.25, 0.3) is 0 Å². The quantitative estimate of drug-likeness (QED) is 0.835. The number of nitrogens with one attached hydrogen (secondary N) is 1. The van der Waals surface area contributed by atoms with Gasteiger partial charge in [-0.1, -0.05) is 31.2 Å². The maximum atomic E-state index is 5.33. The number of benzene rings is 1. The minimum absolute atomic E-state index is 0.414. The van der Waals surface area contributed by atoms with Gasteiger partial charge in [0.05, 0.1) is 6.61 Å². The number of hydrogen-bond acceptors (Lipinski definition) is 3. The highest BCUT2D eigenvalue weighted by atomic mass is 16.5. The lowest BCUT2D eigenvalue weighted by atomic mass is 9.97. The van der Waals surface area contributed by atoms with Crippen LogP contribution >= 0.6 is 0 Å². The van der Waals surface area contributed by atoms with Crippen LogP contribution in [0.2, 0.25) is 0 Å². The Morgan fingerprint density at radius 1 is 1.33 bits per heavy atom. The van der Waals surface area contributed by atoms with Gasteiger partial charge >= 0.3 is 0 Å². The van der Waals surface area contributed by atoms with Gasteiger partial charge < -0.3 is 15.0 Å². The topological polar surface area (TPSA) is 24.5 Å². The fourth-order valence-electron chi connectivity index (χ4n) is 3.30. The van der Waals surface area contributed by atoms with E-state index in [1.807, 2.05) is 7.11 Å². The molecule has 0 aromatic heterocycles. The first kappa shape index (κ1) is 16.5. The molecular weight excluding hydrogens is 260 g/mol. The van der Waals surface area contributed by atoms with Gasteiger partial charge in [0, 0.05) is 26.2 Å². The van der Waals surface area contributed by atoms with Gasteiger partial charge in [-0.2, -0.15) is 0 Å². The summed E-state index contributed by atoms with van der Waals surface area (Å²) in [6.45, 7) is 6.56. The lowest BCUT2D eigenvalue weighted by Gasteiger charge is -2.34. The predicted octanol–water partition coefficient (Wildman–Crippen LogP) is 2.87. The van der Waals surface area contributed by atoms with Crippen molar-refractivity contribution in [3.63, 3.8) is 0 Å². The second-order valence-corrected chi connectivity index (χ2v) is 6.16. The Labute approximate surface area is 129 Å². The summed E-state index contributed by atoms with van der Waals surface area (Å²) in [7, 11) is 3.87. The maximum absolute atomic E-state index is 5.33. The molecule has 0 amide bonds. The Balaban J connectivity index is 1.94. The normalized spacial score (nSPS) is 21.4. The van der Waals surface area contributed by atoms with E-state index < -0.39 is 0 Å². The third-order valence-corrected chi connectivity index (χ3v) is 4.59. The Morgan fingerprint density at radius 3 is 2.71 bits per heavy atom. The van der Waals surface area contributed by atoms with Crippen molar-refractivity contribution in [1.29, 1.82) is 0 Å². The van der Waals surface area contributed by atoms with Crippen molar-refractivity contribution in [2.75, 3.05) is 40.4 Å². The van der Waals surface area contributed by atoms with Gasteiger partial charge in [0.1, 0.15) is 0 Å². The van der Waals surface area contributed by atoms with Gasteiger partial charge in [-0.15, -0.1) is 0 Å². The number of methoxy groups -OCH3 is 1. The Hall–Kier alpha value is -0.900. The van der Waals surface area contributed by atoms with E-state index in [2.05, 4.69) is 48.5 Å². The van der Waals surface area contributed by atoms with Gasteiger partial charge in [0.15, 0.2) is 0 Å². The molecule has 1 saturated heterocycles. The minimum Gasteiger partial charge on any atom is -0.384 e. The third kappa shape index (κ3) is 4.80. The van der Waals surface area contributed by atoms with Crippen LogP contribution in [0.4, 0.5) is 0 Å². The minimum atomic E-state index is 0.414. The molecule has 2 atom stereocenters. The fraction of sp³-hybridized carbons (Fsp3) is 0.667. The molecule has 1 heterocycles. The summed E-state index contributed by atoms with van der Waals surface area (Å²) in [4.78, 5) is 2.59. The van der Waals surface area contributed by atoms with Crippen molar-refractivity contribution >= 4 is 0 Å². The molecule has 3 heteroatoms. The Kier molecular flexibility index (Phi) is 6.68. The van der Waals surface area contributed by atoms with Crippen LogP contribution in [0, 0.1) is 5.92 Å². The molecule has 0 saturated carbocycles. The van der Waals surface area contributed by atoms with Crippen LogP contribution in [0.15, 0.2) is 24.3 Å². The largest absolute Gasteiger partial charge is 0.384 e. The van der Waals surface area contributed by atoms with Crippen molar-refractivity contribution < 1.29 is 4.74 Å². The van der Waals surface area contributed by atoms with Gasteiger partial charge in [-0.05, 0) is 49.9 Å². The van der Waals surface area contributed by atoms with Gasteiger partial charge in [-0.3, -0.25) is 0 Å². The lowest BCUT2D eigenvalue weighted by Crippen LogP contribution is -2.41. The van der Waals surface area contributed by atoms with Crippen molar-refractivity contribution in [2.45, 2.75) is 32.2 Å². The Morgan fingerprint density at radius 2 is 2.10 bits per heavy atom. The summed E-state index contributed by atoms with van der Waals surface area (Å²) in [6.07, 6.45) is 3.70. The molecule has 1 aromatic carbocycles. The molecule has 1 aromatic rings. The van der Waals surface area contributed by atoms with Crippen molar-refractivity contribution in [1.82, 2.24) is 10.2 Å². The number of piperidine rings is 1. The molecule has 1 aliphatic heterocycles. The molecule has 0 aliphatic carbocycles. The molecule has 1 aliphatic rings. The zero-order valence-electron chi connectivity index (χ0n) is 13.8. The van der Waals surface area contributed by atoms with E-state index in [9.17, 15) is 0 Å². The van der Waals surface area contributed by atoms with Gasteiger partial charge in [-0.25, -0.2) is 0 Å². The highest BCUT2D eigenvalue weighted by molar-refractivity contribution is 5.25. The molecule has 2 rings (SSSR count). The predicted molar refractivity (Wildman–Crippen MR) is 88.7 cm³/mol. The number of likely N-dealkylation sites (N-methyl/N-ethyl adjacent to an activating group) is 1. The molecule has 0 bridgehead atoms. The third-order valence-electron chi connectivity index (χ3n) is 4.59. The van der Waals surface area contributed by atoms with Crippen molar-refractivity contribution in [3.8, 4) is 0 Å². The van der Waals surface area contributed by atoms with Crippen molar-refractivity contribution in [3.05, 3.63) is 35.4 Å². The van der Waals surface area contributed by atoms with Crippen LogP contribution < -0.4 is 5.32 Å². The fourth-order valence-corrected chi connectivity index (χ4v) is 3.30. The summed E-state index contributed by atoms with van der Waals surface area (Å²) in [5.74, 6) is 0.698. The number of ether oxygens (including phenoxy) is 1. The molecule has 2 unspecified atom stereocenters. The van der Waals surface area contributed by atoms with E-state index in [-0.39, 0.29) is 0 Å². The number of rotatable bonds is 7. The monoisotopic (exact) mass is 290 g/mol. The Bertz CT molecular complexity index is 402. The lowest BCUT2D eigenvalue weighted by molar-refractivity contribution is 0.0861. The maximum Gasteiger partial charge on any atom is 0.0502 e. The summed E-state index contributed by atoms with van der Waals surface area (Å²) in [6, 6.07) is 9.47. The number of nitrogens with zero attached hydrogens (tertiary/aromatic N) is 1. The first-order chi connectivity index (χ1) is 10.3. The van der Waals surface area contributed by atoms with Crippen molar-refractivity contribution in [2.24, 2.45) is 5.92 Å². The summed E-state index contributed by atoms with van der Waals surface area (Å²) >= 11 is 0. The summed E-state index contributed by atoms with van der Waals surface area (Å²) in [5.41, 5.74) is 2.80. The molecule has 0 spiro atoms. The van der Waals surface area contributed by atoms with Gasteiger partial charge in [0.25, 0.3) is 0 Å². The summed E-state index contributed by atoms with van der Waals surface area (Å²) < 4.78 is 5.33. The van der Waals surface area contributed by atoms with Crippen LogP contribution in [-0.2, 0) is 11.2 Å². The molecular formula is C18H30N2O. The van der Waals surface area contributed by atoms with Crippen LogP contribution in [0.1, 0.15) is 36.9 Å². The molecule has 0 radical (unpaired) electrons. The van der Waals surface area contributed by atoms with E-state index in [0.29, 0.717) is 12.0 Å². The van der Waals surface area contributed by atoms with Crippen LogP contribution in [0.5, 0.6) is 0 Å². The molecule has 118 valence electrons. The molecule has 1 fully saturated rings. The molecule has 3 nitrogen and oxygen atoms in total. The van der Waals surface area contributed by atoms with E-state index in [4.69, 9.17) is 4.74 Å². The second-order valence-electron chi connectivity index (χ2n) is 6.16. The molecule has 1 N–H and O–H groups in total. The average Bonchev–Trinajstić information content (AvgIpc) is 2.53. The smallest absolute Gasteiger partial charge is 0.0502 e. The first-order valence-electron chi connectivity index (χ1n) is 8.24. The van der Waals surface area contributed by atoms with Gasteiger partial charge in [0.2, 0.25) is 0 Å². The zero-order valence-corrected chi connectivity index (χ0v) is 13.8. The zero-order chi connectivity index (χ0) is 15.1. The van der Waals surface area contributed by atoms with E-state index in [1.165, 1.54) is 37.1 Å². The van der Waals surface area contributed by atoms with E-state index in [0.717, 1.165) is 19.6 Å². The SMILES string of the molecule is CCc1ccc(C(CN2CCCC(COC)C2)NC)cc1. The number of hydrogen-bond donors (Lipinski definition) is 1. The first-order valence-corrected chi connectivity index (χ1v) is 8.24. The second kappa shape index (κ2) is 8.52. The molecule has 21 heavy (non-hydrogen) atoms. The number of likely N-dealkylation sites (tertiary alicyclic amines) is 1.